The normalized spacial score (nSPS) is 26.6. The van der Waals surface area contributed by atoms with Gasteiger partial charge < -0.3 is 15.0 Å². The molecule has 1 fully saturated rings. The molecule has 0 amide bonds. The summed E-state index contributed by atoms with van der Waals surface area (Å²) in [6, 6.07) is 10.8. The van der Waals surface area contributed by atoms with Gasteiger partial charge in [0.25, 0.3) is 0 Å². The molecule has 0 aliphatic carbocycles. The third kappa shape index (κ3) is 2.74. The van der Waals surface area contributed by atoms with E-state index >= 15 is 0 Å². The van der Waals surface area contributed by atoms with Gasteiger partial charge in [-0.1, -0.05) is 18.2 Å². The first-order valence-electron chi connectivity index (χ1n) is 5.82. The summed E-state index contributed by atoms with van der Waals surface area (Å²) in [6.45, 7) is 2.13. The average molecular weight is 220 g/mol. The van der Waals surface area contributed by atoms with E-state index in [1.807, 2.05) is 6.07 Å². The molecule has 3 heteroatoms. The second kappa shape index (κ2) is 5.32. The number of hydrogen-bond acceptors (Lipinski definition) is 3. The second-order valence-electron chi connectivity index (χ2n) is 4.44. The number of benzene rings is 1. The number of hydrogen-bond donors (Lipinski definition) is 1. The molecule has 0 aromatic heterocycles. The molecule has 3 nitrogen and oxygen atoms in total. The van der Waals surface area contributed by atoms with Crippen LogP contribution in [0.3, 0.4) is 0 Å². The van der Waals surface area contributed by atoms with E-state index in [2.05, 4.69) is 41.5 Å². The van der Waals surface area contributed by atoms with Crippen molar-refractivity contribution in [2.75, 3.05) is 32.6 Å². The number of rotatable bonds is 3. The molecule has 2 atom stereocenters. The van der Waals surface area contributed by atoms with E-state index in [0.29, 0.717) is 6.04 Å². The topological polar surface area (TPSA) is 24.5 Å². The van der Waals surface area contributed by atoms with Crippen LogP contribution in [0.4, 0.5) is 5.69 Å². The van der Waals surface area contributed by atoms with Crippen LogP contribution in [-0.2, 0) is 4.74 Å². The van der Waals surface area contributed by atoms with Gasteiger partial charge in [0.2, 0.25) is 0 Å². The molecular formula is C13H20N2O. The smallest absolute Gasteiger partial charge is 0.0899 e. The molecule has 0 unspecified atom stereocenters. The maximum absolute atomic E-state index is 5.54. The van der Waals surface area contributed by atoms with Crippen molar-refractivity contribution in [1.82, 2.24) is 4.90 Å². The Balaban J connectivity index is 1.98. The minimum absolute atomic E-state index is 0.277. The van der Waals surface area contributed by atoms with Crippen molar-refractivity contribution in [3.63, 3.8) is 0 Å². The third-order valence-electron chi connectivity index (χ3n) is 3.19. The van der Waals surface area contributed by atoms with Gasteiger partial charge in [0.1, 0.15) is 0 Å². The fraction of sp³-hybridized carbons (Fsp3) is 0.538. The Bertz CT molecular complexity index is 315. The second-order valence-corrected chi connectivity index (χ2v) is 4.44. The zero-order valence-corrected chi connectivity index (χ0v) is 10.0. The monoisotopic (exact) mass is 220 g/mol. The van der Waals surface area contributed by atoms with Crippen LogP contribution in [0.5, 0.6) is 0 Å². The van der Waals surface area contributed by atoms with Crippen LogP contribution in [-0.4, -0.2) is 44.3 Å². The summed E-state index contributed by atoms with van der Waals surface area (Å²) in [5.41, 5.74) is 1.18. The average Bonchev–Trinajstić information content (AvgIpc) is 2.33. The summed E-state index contributed by atoms with van der Waals surface area (Å²) in [5, 5.41) is 3.55. The number of piperidine rings is 1. The van der Waals surface area contributed by atoms with Crippen molar-refractivity contribution in [3.05, 3.63) is 30.3 Å². The molecule has 1 aromatic carbocycles. The SMILES string of the molecule is CO[C@@H]1CN(C)CC[C@@H]1Nc1ccccc1. The van der Waals surface area contributed by atoms with Gasteiger partial charge in [-0.2, -0.15) is 0 Å². The lowest BCUT2D eigenvalue weighted by molar-refractivity contribution is 0.0312. The molecule has 1 N–H and O–H groups in total. The summed E-state index contributed by atoms with van der Waals surface area (Å²) in [7, 11) is 3.94. The Morgan fingerprint density at radius 1 is 1.31 bits per heavy atom. The van der Waals surface area contributed by atoms with Crippen LogP contribution >= 0.6 is 0 Å². The number of ether oxygens (including phenoxy) is 1. The fourth-order valence-corrected chi connectivity index (χ4v) is 2.22. The highest BCUT2D eigenvalue weighted by atomic mass is 16.5. The predicted molar refractivity (Wildman–Crippen MR) is 66.8 cm³/mol. The number of likely N-dealkylation sites (N-methyl/N-ethyl adjacent to an activating group) is 1. The predicted octanol–water partition coefficient (Wildman–Crippen LogP) is 1.82. The lowest BCUT2D eigenvalue weighted by Gasteiger charge is -2.36. The van der Waals surface area contributed by atoms with E-state index in [9.17, 15) is 0 Å². The molecule has 0 radical (unpaired) electrons. The lowest BCUT2D eigenvalue weighted by atomic mass is 10.0. The molecule has 1 aromatic rings. The van der Waals surface area contributed by atoms with Crippen molar-refractivity contribution < 1.29 is 4.74 Å². The summed E-state index contributed by atoms with van der Waals surface area (Å²) in [5.74, 6) is 0. The standard InChI is InChI=1S/C13H20N2O/c1-15-9-8-12(13(10-15)16-2)14-11-6-4-3-5-7-11/h3-7,12-14H,8-10H2,1-2H3/t12-,13+/m0/s1. The van der Waals surface area contributed by atoms with Gasteiger partial charge in [-0.15, -0.1) is 0 Å². The molecule has 1 aliphatic heterocycles. The lowest BCUT2D eigenvalue weighted by Crippen LogP contribution is -2.49. The number of anilines is 1. The van der Waals surface area contributed by atoms with E-state index in [1.165, 1.54) is 5.69 Å². The number of methoxy groups -OCH3 is 1. The molecule has 2 rings (SSSR count). The van der Waals surface area contributed by atoms with Crippen molar-refractivity contribution in [1.29, 1.82) is 0 Å². The first kappa shape index (κ1) is 11.4. The van der Waals surface area contributed by atoms with Crippen molar-refractivity contribution in [2.45, 2.75) is 18.6 Å². The molecule has 0 spiro atoms. The molecule has 0 saturated carbocycles. The van der Waals surface area contributed by atoms with Crippen molar-refractivity contribution in [3.8, 4) is 0 Å². The van der Waals surface area contributed by atoms with Gasteiger partial charge in [0.05, 0.1) is 12.1 Å². The van der Waals surface area contributed by atoms with Crippen LogP contribution in [0.15, 0.2) is 30.3 Å². The zero-order valence-electron chi connectivity index (χ0n) is 10.0. The minimum atomic E-state index is 0.277. The van der Waals surface area contributed by atoms with Crippen LogP contribution < -0.4 is 5.32 Å². The Morgan fingerprint density at radius 2 is 2.06 bits per heavy atom. The zero-order chi connectivity index (χ0) is 11.4. The maximum Gasteiger partial charge on any atom is 0.0899 e. The number of para-hydroxylation sites is 1. The van der Waals surface area contributed by atoms with Gasteiger partial charge in [-0.05, 0) is 32.1 Å². The van der Waals surface area contributed by atoms with E-state index in [0.717, 1.165) is 19.5 Å². The number of nitrogens with one attached hydrogen (secondary N) is 1. The van der Waals surface area contributed by atoms with Crippen molar-refractivity contribution in [2.24, 2.45) is 0 Å². The molecule has 1 aliphatic rings. The van der Waals surface area contributed by atoms with Crippen LogP contribution in [0.2, 0.25) is 0 Å². The number of nitrogens with zero attached hydrogens (tertiary/aromatic N) is 1. The largest absolute Gasteiger partial charge is 0.380 e. The highest BCUT2D eigenvalue weighted by Gasteiger charge is 2.27. The van der Waals surface area contributed by atoms with E-state index < -0.39 is 0 Å². The van der Waals surface area contributed by atoms with Gasteiger partial charge in [-0.3, -0.25) is 0 Å². The molecular weight excluding hydrogens is 200 g/mol. The minimum Gasteiger partial charge on any atom is -0.380 e. The molecule has 88 valence electrons. The van der Waals surface area contributed by atoms with E-state index in [4.69, 9.17) is 4.74 Å². The summed E-state index contributed by atoms with van der Waals surface area (Å²) >= 11 is 0. The molecule has 16 heavy (non-hydrogen) atoms. The summed E-state index contributed by atoms with van der Waals surface area (Å²) in [4.78, 5) is 2.32. The Hall–Kier alpha value is -1.06. The third-order valence-corrected chi connectivity index (χ3v) is 3.19. The highest BCUT2D eigenvalue weighted by Crippen LogP contribution is 2.17. The summed E-state index contributed by atoms with van der Waals surface area (Å²) in [6.07, 6.45) is 1.41. The molecule has 0 bridgehead atoms. The van der Waals surface area contributed by atoms with Crippen LogP contribution in [0, 0.1) is 0 Å². The van der Waals surface area contributed by atoms with Gasteiger partial charge >= 0.3 is 0 Å². The van der Waals surface area contributed by atoms with Crippen LogP contribution in [0.1, 0.15) is 6.42 Å². The Morgan fingerprint density at radius 3 is 2.75 bits per heavy atom. The van der Waals surface area contributed by atoms with Crippen molar-refractivity contribution >= 4 is 5.69 Å². The van der Waals surface area contributed by atoms with Gasteiger partial charge in [-0.25, -0.2) is 0 Å². The van der Waals surface area contributed by atoms with Gasteiger partial charge in [0.15, 0.2) is 0 Å². The Kier molecular flexibility index (Phi) is 3.80. The van der Waals surface area contributed by atoms with Gasteiger partial charge in [0, 0.05) is 19.3 Å². The molecule has 1 saturated heterocycles. The first-order chi connectivity index (χ1) is 7.79. The highest BCUT2D eigenvalue weighted by molar-refractivity contribution is 5.43. The Labute approximate surface area is 97.4 Å². The van der Waals surface area contributed by atoms with E-state index in [-0.39, 0.29) is 6.10 Å². The molecule has 1 heterocycles. The van der Waals surface area contributed by atoms with E-state index in [1.54, 1.807) is 7.11 Å². The number of likely N-dealkylation sites (tertiary alicyclic amines) is 1. The first-order valence-corrected chi connectivity index (χ1v) is 5.82. The maximum atomic E-state index is 5.54. The fourth-order valence-electron chi connectivity index (χ4n) is 2.22. The van der Waals surface area contributed by atoms with Crippen LogP contribution in [0.25, 0.3) is 0 Å². The summed E-state index contributed by atoms with van der Waals surface area (Å²) < 4.78 is 5.54. The quantitative estimate of drug-likeness (QED) is 0.841.